The number of aryl methyl sites for hydroxylation is 2. The second-order valence-electron chi connectivity index (χ2n) is 5.91. The molecule has 22 heavy (non-hydrogen) atoms. The third-order valence-corrected chi connectivity index (χ3v) is 4.39. The fourth-order valence-electron chi connectivity index (χ4n) is 2.91. The Morgan fingerprint density at radius 2 is 1.86 bits per heavy atom. The molecule has 3 N–H and O–H groups in total. The average molecular weight is 302 g/mol. The first-order valence-electron chi connectivity index (χ1n) is 8.61. The number of likely N-dealkylation sites (N-methyl/N-ethyl adjacent to an activating group) is 1. The average Bonchev–Trinajstić information content (AvgIpc) is 3.36. The van der Waals surface area contributed by atoms with Crippen LogP contribution in [0.15, 0.2) is 23.2 Å². The molecule has 4 nitrogen and oxygen atoms in total. The van der Waals surface area contributed by atoms with Gasteiger partial charge in [0, 0.05) is 18.3 Å². The zero-order valence-electron chi connectivity index (χ0n) is 14.2. The molecule has 0 heterocycles. The van der Waals surface area contributed by atoms with Crippen LogP contribution in [-0.2, 0) is 12.8 Å². The van der Waals surface area contributed by atoms with Crippen molar-refractivity contribution in [1.82, 2.24) is 4.90 Å². The Morgan fingerprint density at radius 3 is 2.36 bits per heavy atom. The van der Waals surface area contributed by atoms with Gasteiger partial charge in [-0.05, 0) is 43.4 Å². The van der Waals surface area contributed by atoms with Gasteiger partial charge in [-0.2, -0.15) is 0 Å². The third kappa shape index (κ3) is 4.47. The van der Waals surface area contributed by atoms with Crippen LogP contribution in [0.5, 0.6) is 0 Å². The van der Waals surface area contributed by atoms with Gasteiger partial charge in [0.2, 0.25) is 0 Å². The standard InChI is InChI=1S/C18H30N4/c1-4-14-8-7-9-15(5-2)17(14)21-18(19)20-12-13-22(6-3)16-10-11-16/h7-9,16H,4-6,10-13H2,1-3H3,(H3,19,20,21). The zero-order chi connectivity index (χ0) is 15.9. The van der Waals surface area contributed by atoms with E-state index in [0.717, 1.165) is 44.2 Å². The number of rotatable bonds is 8. The van der Waals surface area contributed by atoms with Crippen LogP contribution in [-0.4, -0.2) is 36.5 Å². The predicted molar refractivity (Wildman–Crippen MR) is 95.6 cm³/mol. The molecule has 0 aliphatic heterocycles. The summed E-state index contributed by atoms with van der Waals surface area (Å²) in [4.78, 5) is 7.00. The van der Waals surface area contributed by atoms with E-state index in [0.29, 0.717) is 5.96 Å². The minimum absolute atomic E-state index is 0.530. The first-order chi connectivity index (χ1) is 10.7. The number of para-hydroxylation sites is 1. The van der Waals surface area contributed by atoms with Crippen LogP contribution in [0.1, 0.15) is 44.7 Å². The van der Waals surface area contributed by atoms with Gasteiger partial charge in [-0.3, -0.25) is 9.89 Å². The van der Waals surface area contributed by atoms with Crippen molar-refractivity contribution in [2.24, 2.45) is 10.7 Å². The molecule has 0 radical (unpaired) electrons. The van der Waals surface area contributed by atoms with Gasteiger partial charge >= 0.3 is 0 Å². The lowest BCUT2D eigenvalue weighted by atomic mass is 10.0. The van der Waals surface area contributed by atoms with Crippen LogP contribution in [0.3, 0.4) is 0 Å². The molecule has 122 valence electrons. The fraction of sp³-hybridized carbons (Fsp3) is 0.611. The normalized spacial score (nSPS) is 15.4. The molecule has 0 aromatic heterocycles. The number of hydrogen-bond acceptors (Lipinski definition) is 2. The highest BCUT2D eigenvalue weighted by molar-refractivity contribution is 5.93. The minimum Gasteiger partial charge on any atom is -0.370 e. The summed E-state index contributed by atoms with van der Waals surface area (Å²) in [7, 11) is 0. The van der Waals surface area contributed by atoms with Gasteiger partial charge in [0.05, 0.1) is 6.54 Å². The molecule has 1 saturated carbocycles. The molecule has 1 aliphatic rings. The van der Waals surface area contributed by atoms with E-state index < -0.39 is 0 Å². The lowest BCUT2D eigenvalue weighted by molar-refractivity contribution is 0.286. The third-order valence-electron chi connectivity index (χ3n) is 4.39. The Morgan fingerprint density at radius 1 is 1.23 bits per heavy atom. The Balaban J connectivity index is 1.95. The number of guanidine groups is 1. The molecule has 4 heteroatoms. The topological polar surface area (TPSA) is 53.6 Å². The summed E-state index contributed by atoms with van der Waals surface area (Å²) in [5, 5.41) is 3.33. The molecule has 1 fully saturated rings. The van der Waals surface area contributed by atoms with E-state index in [1.807, 2.05) is 0 Å². The first-order valence-corrected chi connectivity index (χ1v) is 8.61. The minimum atomic E-state index is 0.530. The summed E-state index contributed by atoms with van der Waals surface area (Å²) < 4.78 is 0. The second kappa shape index (κ2) is 8.18. The van der Waals surface area contributed by atoms with Gasteiger partial charge in [0.1, 0.15) is 0 Å². The van der Waals surface area contributed by atoms with E-state index in [2.05, 4.69) is 54.2 Å². The van der Waals surface area contributed by atoms with Crippen LogP contribution in [0.25, 0.3) is 0 Å². The molecule has 0 bridgehead atoms. The summed E-state index contributed by atoms with van der Waals surface area (Å²) in [6.07, 6.45) is 4.67. The molecular formula is C18H30N4. The lowest BCUT2D eigenvalue weighted by Gasteiger charge is -2.18. The SMILES string of the molecule is CCc1cccc(CC)c1NC(N)=NCCN(CC)C1CC1. The number of benzene rings is 1. The molecule has 0 amide bonds. The van der Waals surface area contributed by atoms with Crippen LogP contribution in [0, 0.1) is 0 Å². The van der Waals surface area contributed by atoms with E-state index in [-0.39, 0.29) is 0 Å². The molecule has 0 atom stereocenters. The van der Waals surface area contributed by atoms with Gasteiger partial charge in [0.25, 0.3) is 0 Å². The van der Waals surface area contributed by atoms with Crippen molar-refractivity contribution in [3.8, 4) is 0 Å². The van der Waals surface area contributed by atoms with Gasteiger partial charge in [-0.15, -0.1) is 0 Å². The van der Waals surface area contributed by atoms with E-state index in [1.54, 1.807) is 0 Å². The van der Waals surface area contributed by atoms with E-state index in [1.165, 1.54) is 24.0 Å². The van der Waals surface area contributed by atoms with Gasteiger partial charge in [-0.1, -0.05) is 39.0 Å². The van der Waals surface area contributed by atoms with Gasteiger partial charge in [-0.25, -0.2) is 0 Å². The Bertz CT molecular complexity index is 484. The molecule has 2 rings (SSSR count). The van der Waals surface area contributed by atoms with Crippen LogP contribution >= 0.6 is 0 Å². The zero-order valence-corrected chi connectivity index (χ0v) is 14.2. The van der Waals surface area contributed by atoms with Crippen LogP contribution in [0.2, 0.25) is 0 Å². The maximum atomic E-state index is 6.09. The van der Waals surface area contributed by atoms with E-state index >= 15 is 0 Å². The van der Waals surface area contributed by atoms with Crippen molar-refractivity contribution in [3.05, 3.63) is 29.3 Å². The molecule has 0 unspecified atom stereocenters. The number of nitrogens with two attached hydrogens (primary N) is 1. The highest BCUT2D eigenvalue weighted by Crippen LogP contribution is 2.26. The number of anilines is 1. The smallest absolute Gasteiger partial charge is 0.193 e. The van der Waals surface area contributed by atoms with Gasteiger partial charge in [0.15, 0.2) is 5.96 Å². The van der Waals surface area contributed by atoms with Crippen molar-refractivity contribution in [1.29, 1.82) is 0 Å². The second-order valence-corrected chi connectivity index (χ2v) is 5.91. The largest absolute Gasteiger partial charge is 0.370 e. The maximum absolute atomic E-state index is 6.09. The van der Waals surface area contributed by atoms with Crippen LogP contribution < -0.4 is 11.1 Å². The summed E-state index contributed by atoms with van der Waals surface area (Å²) >= 11 is 0. The quantitative estimate of drug-likeness (QED) is 0.573. The molecular weight excluding hydrogens is 272 g/mol. The maximum Gasteiger partial charge on any atom is 0.193 e. The van der Waals surface area contributed by atoms with Crippen molar-refractivity contribution in [2.75, 3.05) is 25.0 Å². The van der Waals surface area contributed by atoms with E-state index in [9.17, 15) is 0 Å². The molecule has 1 aromatic rings. The highest BCUT2D eigenvalue weighted by atomic mass is 15.2. The summed E-state index contributed by atoms with van der Waals surface area (Å²) in [5.74, 6) is 0.530. The monoisotopic (exact) mass is 302 g/mol. The number of hydrogen-bond donors (Lipinski definition) is 2. The molecule has 0 spiro atoms. The number of nitrogens with zero attached hydrogens (tertiary/aromatic N) is 2. The molecule has 1 aliphatic carbocycles. The van der Waals surface area contributed by atoms with Crippen molar-refractivity contribution >= 4 is 11.6 Å². The van der Waals surface area contributed by atoms with E-state index in [4.69, 9.17) is 5.73 Å². The lowest BCUT2D eigenvalue weighted by Crippen LogP contribution is -2.30. The van der Waals surface area contributed by atoms with Gasteiger partial charge < -0.3 is 11.1 Å². The van der Waals surface area contributed by atoms with Crippen molar-refractivity contribution in [3.63, 3.8) is 0 Å². The predicted octanol–water partition coefficient (Wildman–Crippen LogP) is 3.02. The Hall–Kier alpha value is -1.55. The highest BCUT2D eigenvalue weighted by Gasteiger charge is 2.27. The molecule has 1 aromatic carbocycles. The fourth-order valence-corrected chi connectivity index (χ4v) is 2.91. The molecule has 0 saturated heterocycles. The number of aliphatic imine (C=N–C) groups is 1. The summed E-state index contributed by atoms with van der Waals surface area (Å²) in [6.45, 7) is 9.42. The Kier molecular flexibility index (Phi) is 6.25. The number of nitrogens with one attached hydrogen (secondary N) is 1. The first kappa shape index (κ1) is 16.8. The van der Waals surface area contributed by atoms with Crippen LogP contribution in [0.4, 0.5) is 5.69 Å². The summed E-state index contributed by atoms with van der Waals surface area (Å²) in [6, 6.07) is 7.22. The summed E-state index contributed by atoms with van der Waals surface area (Å²) in [5.41, 5.74) is 9.83. The van der Waals surface area contributed by atoms with Crippen molar-refractivity contribution in [2.45, 2.75) is 52.5 Å². The Labute approximate surface area is 134 Å². The van der Waals surface area contributed by atoms with Crippen molar-refractivity contribution < 1.29 is 0 Å².